The van der Waals surface area contributed by atoms with Crippen molar-refractivity contribution in [2.24, 2.45) is 0 Å². The van der Waals surface area contributed by atoms with Gasteiger partial charge in [0.1, 0.15) is 0 Å². The summed E-state index contributed by atoms with van der Waals surface area (Å²) in [4.78, 5) is 13.6. The molecule has 0 aliphatic carbocycles. The number of nitrogens with zero attached hydrogens (tertiary/aromatic N) is 3. The highest BCUT2D eigenvalue weighted by Gasteiger charge is 2.43. The Kier molecular flexibility index (Phi) is 3.75. The monoisotopic (exact) mass is 289 g/mol. The lowest BCUT2D eigenvalue weighted by Crippen LogP contribution is -2.63. The lowest BCUT2D eigenvalue weighted by Gasteiger charge is -2.46. The Morgan fingerprint density at radius 1 is 1.50 bits per heavy atom. The number of carbonyl (C=O) groups excluding carboxylic acids is 1. The van der Waals surface area contributed by atoms with Gasteiger partial charge in [0.05, 0.1) is 24.3 Å². The Bertz CT molecular complexity index is 475. The largest absolute Gasteiger partial charge is 0.386 e. The zero-order valence-corrected chi connectivity index (χ0v) is 11.4. The van der Waals surface area contributed by atoms with Gasteiger partial charge in [-0.15, -0.1) is 10.2 Å². The van der Waals surface area contributed by atoms with E-state index in [2.05, 4.69) is 10.2 Å². The van der Waals surface area contributed by atoms with Crippen molar-refractivity contribution in [1.29, 1.82) is 0 Å². The van der Waals surface area contributed by atoms with Crippen LogP contribution in [0.25, 0.3) is 0 Å². The normalized spacial score (nSPS) is 17.4. The van der Waals surface area contributed by atoms with Gasteiger partial charge < -0.3 is 10.0 Å². The van der Waals surface area contributed by atoms with Gasteiger partial charge in [0, 0.05) is 0 Å². The summed E-state index contributed by atoms with van der Waals surface area (Å²) in [6, 6.07) is 1.39. The Balaban J connectivity index is 2.08. The first-order valence-corrected chi connectivity index (χ1v) is 6.41. The lowest BCUT2D eigenvalue weighted by atomic mass is 9.89. The first-order valence-electron chi connectivity index (χ1n) is 5.65. The first-order chi connectivity index (χ1) is 8.45. The van der Waals surface area contributed by atoms with Gasteiger partial charge in [-0.1, -0.05) is 36.5 Å². The average Bonchev–Trinajstić information content (AvgIpc) is 2.28. The van der Waals surface area contributed by atoms with E-state index in [9.17, 15) is 9.90 Å². The summed E-state index contributed by atoms with van der Waals surface area (Å²) in [6.45, 7) is 2.62. The third kappa shape index (κ3) is 2.58. The van der Waals surface area contributed by atoms with Crippen LogP contribution < -0.4 is 0 Å². The molecule has 7 heteroatoms. The highest BCUT2D eigenvalue weighted by molar-refractivity contribution is 6.34. The van der Waals surface area contributed by atoms with Gasteiger partial charge in [-0.05, 0) is 12.5 Å². The Hall–Kier alpha value is -0.910. The first kappa shape index (κ1) is 13.5. The maximum absolute atomic E-state index is 12.1. The van der Waals surface area contributed by atoms with Crippen LogP contribution in [0.4, 0.5) is 0 Å². The summed E-state index contributed by atoms with van der Waals surface area (Å²) in [7, 11) is 0. The van der Waals surface area contributed by atoms with Crippen molar-refractivity contribution in [2.45, 2.75) is 25.4 Å². The molecule has 0 aromatic carbocycles. The number of rotatable bonds is 3. The van der Waals surface area contributed by atoms with Gasteiger partial charge in [-0.3, -0.25) is 4.79 Å². The SMILES string of the molecule is CCCC1(O)CN(C(=O)c2cc(Cl)nnc2Cl)C1. The molecule has 1 aromatic heterocycles. The van der Waals surface area contributed by atoms with Gasteiger partial charge >= 0.3 is 0 Å². The third-order valence-electron chi connectivity index (χ3n) is 2.92. The van der Waals surface area contributed by atoms with Crippen LogP contribution in [0.3, 0.4) is 0 Å². The number of hydrogen-bond donors (Lipinski definition) is 1. The van der Waals surface area contributed by atoms with Crippen molar-refractivity contribution in [1.82, 2.24) is 15.1 Å². The van der Waals surface area contributed by atoms with Gasteiger partial charge in [0.2, 0.25) is 0 Å². The molecule has 1 amide bonds. The van der Waals surface area contributed by atoms with Crippen LogP contribution in [-0.2, 0) is 0 Å². The number of β-amino-alcohol motifs (C(OH)–C–C–N with tert-alkyl or cyclic N) is 1. The number of hydrogen-bond acceptors (Lipinski definition) is 4. The summed E-state index contributed by atoms with van der Waals surface area (Å²) in [6.07, 6.45) is 1.56. The van der Waals surface area contributed by atoms with E-state index in [1.807, 2.05) is 6.92 Å². The quantitative estimate of drug-likeness (QED) is 0.921. The van der Waals surface area contributed by atoms with E-state index < -0.39 is 5.60 Å². The van der Waals surface area contributed by atoms with Gasteiger partial charge in [-0.25, -0.2) is 0 Å². The summed E-state index contributed by atoms with van der Waals surface area (Å²) in [5, 5.41) is 17.3. The number of amides is 1. The molecule has 1 aromatic rings. The molecule has 98 valence electrons. The second kappa shape index (κ2) is 4.99. The van der Waals surface area contributed by atoms with E-state index in [0.717, 1.165) is 6.42 Å². The molecule has 0 atom stereocenters. The van der Waals surface area contributed by atoms with E-state index in [1.165, 1.54) is 11.0 Å². The van der Waals surface area contributed by atoms with E-state index in [1.54, 1.807) is 0 Å². The number of halogens is 2. The molecule has 2 heterocycles. The predicted molar refractivity (Wildman–Crippen MR) is 67.8 cm³/mol. The minimum absolute atomic E-state index is 0.0235. The summed E-state index contributed by atoms with van der Waals surface area (Å²) < 4.78 is 0. The Labute approximate surface area is 115 Å². The van der Waals surface area contributed by atoms with Crippen molar-refractivity contribution in [3.05, 3.63) is 21.9 Å². The van der Waals surface area contributed by atoms with Gasteiger partial charge in [0.25, 0.3) is 5.91 Å². The number of likely N-dealkylation sites (tertiary alicyclic amines) is 1. The molecule has 1 N–H and O–H groups in total. The van der Waals surface area contributed by atoms with E-state index in [-0.39, 0.29) is 21.8 Å². The molecule has 0 unspecified atom stereocenters. The fourth-order valence-corrected chi connectivity index (χ4v) is 2.42. The van der Waals surface area contributed by atoms with E-state index in [0.29, 0.717) is 19.5 Å². The molecule has 1 aliphatic rings. The highest BCUT2D eigenvalue weighted by Crippen LogP contribution is 2.28. The Morgan fingerprint density at radius 2 is 2.17 bits per heavy atom. The van der Waals surface area contributed by atoms with Gasteiger partial charge in [0.15, 0.2) is 10.3 Å². The number of carbonyl (C=O) groups is 1. The minimum atomic E-state index is -0.763. The fraction of sp³-hybridized carbons (Fsp3) is 0.545. The van der Waals surface area contributed by atoms with Crippen molar-refractivity contribution < 1.29 is 9.90 Å². The molecule has 18 heavy (non-hydrogen) atoms. The van der Waals surface area contributed by atoms with Gasteiger partial charge in [-0.2, -0.15) is 0 Å². The molecule has 0 saturated carbocycles. The molecule has 5 nitrogen and oxygen atoms in total. The molecule has 1 aliphatic heterocycles. The summed E-state index contributed by atoms with van der Waals surface area (Å²) in [5.74, 6) is -0.280. The van der Waals surface area contributed by atoms with Crippen LogP contribution in [0.5, 0.6) is 0 Å². The molecule has 0 spiro atoms. The number of aliphatic hydroxyl groups is 1. The topological polar surface area (TPSA) is 66.3 Å². The van der Waals surface area contributed by atoms with Crippen molar-refractivity contribution in [3.8, 4) is 0 Å². The van der Waals surface area contributed by atoms with Crippen LogP contribution in [-0.4, -0.2) is 44.8 Å². The maximum Gasteiger partial charge on any atom is 0.257 e. The second-order valence-corrected chi connectivity index (χ2v) is 5.25. The molecule has 0 radical (unpaired) electrons. The molecular weight excluding hydrogens is 277 g/mol. The zero-order chi connectivity index (χ0) is 13.3. The zero-order valence-electron chi connectivity index (χ0n) is 9.86. The van der Waals surface area contributed by atoms with Crippen LogP contribution >= 0.6 is 23.2 Å². The van der Waals surface area contributed by atoms with Crippen molar-refractivity contribution >= 4 is 29.1 Å². The summed E-state index contributed by atoms with van der Waals surface area (Å²) >= 11 is 11.5. The van der Waals surface area contributed by atoms with Crippen molar-refractivity contribution in [3.63, 3.8) is 0 Å². The smallest absolute Gasteiger partial charge is 0.257 e. The van der Waals surface area contributed by atoms with Crippen LogP contribution in [0, 0.1) is 0 Å². The number of aromatic nitrogens is 2. The lowest BCUT2D eigenvalue weighted by molar-refractivity contribution is -0.0860. The highest BCUT2D eigenvalue weighted by atomic mass is 35.5. The van der Waals surface area contributed by atoms with Crippen LogP contribution in [0.1, 0.15) is 30.1 Å². The third-order valence-corrected chi connectivity index (χ3v) is 3.39. The predicted octanol–water partition coefficient (Wildman–Crippen LogP) is 1.77. The minimum Gasteiger partial charge on any atom is -0.386 e. The standard InChI is InChI=1S/C11H13Cl2N3O2/c1-2-3-11(18)5-16(6-11)10(17)7-4-8(12)14-15-9(7)13/h4,18H,2-3,5-6H2,1H3. The summed E-state index contributed by atoms with van der Waals surface area (Å²) in [5.41, 5.74) is -0.545. The van der Waals surface area contributed by atoms with E-state index in [4.69, 9.17) is 23.2 Å². The molecule has 2 rings (SSSR count). The Morgan fingerprint density at radius 3 is 2.78 bits per heavy atom. The fourth-order valence-electron chi connectivity index (χ4n) is 2.10. The molecule has 1 fully saturated rings. The average molecular weight is 290 g/mol. The maximum atomic E-state index is 12.1. The van der Waals surface area contributed by atoms with Crippen molar-refractivity contribution in [2.75, 3.05) is 13.1 Å². The van der Waals surface area contributed by atoms with Crippen LogP contribution in [0.2, 0.25) is 10.3 Å². The molecule has 0 bridgehead atoms. The molecular formula is C11H13Cl2N3O2. The van der Waals surface area contributed by atoms with Crippen LogP contribution in [0.15, 0.2) is 6.07 Å². The molecule has 1 saturated heterocycles. The van der Waals surface area contributed by atoms with E-state index >= 15 is 0 Å². The second-order valence-electron chi connectivity index (χ2n) is 4.51.